The Hall–Kier alpha value is 0.580. The van der Waals surface area contributed by atoms with Gasteiger partial charge in [0.15, 0.2) is 4.33 Å². The number of rotatable bonds is 4. The summed E-state index contributed by atoms with van der Waals surface area (Å²) in [5.74, 6) is -3.61. The molecule has 0 unspecified atom stereocenters. The van der Waals surface area contributed by atoms with Crippen molar-refractivity contribution < 1.29 is 14.4 Å². The minimum atomic E-state index is -1.91. The van der Waals surface area contributed by atoms with Crippen LogP contribution in [0.4, 0.5) is 0 Å². The Balaban J connectivity index is 2.06. The van der Waals surface area contributed by atoms with Crippen LogP contribution in [0.15, 0.2) is 10.1 Å². The van der Waals surface area contributed by atoms with E-state index in [9.17, 15) is 9.59 Å². The summed E-state index contributed by atoms with van der Waals surface area (Å²) < 4.78 is -1.91. The zero-order valence-corrected chi connectivity index (χ0v) is 16.3. The summed E-state index contributed by atoms with van der Waals surface area (Å²) in [7, 11) is 0. The van der Waals surface area contributed by atoms with Gasteiger partial charge in [0, 0.05) is 0 Å². The molecule has 3 rings (SSSR count). The van der Waals surface area contributed by atoms with Crippen LogP contribution in [0.2, 0.25) is 0 Å². The van der Waals surface area contributed by atoms with E-state index in [0.717, 1.165) is 6.42 Å². The lowest BCUT2D eigenvalue weighted by atomic mass is 9.84. The summed E-state index contributed by atoms with van der Waals surface area (Å²) in [6.07, 6.45) is 1.52. The SMILES string of the molecule is CCCCON1C(=O)[C@@H]2[C@H](C1=O)[C@]1(Cl)C(Cl)=C(Cl)[C@]2(Cl)C1(Cl)Cl. The summed E-state index contributed by atoms with van der Waals surface area (Å²) in [6.45, 7) is 2.16. The number of hydrogen-bond donors (Lipinski definition) is 0. The number of hydroxylamine groups is 2. The van der Waals surface area contributed by atoms with E-state index in [1.54, 1.807) is 0 Å². The van der Waals surface area contributed by atoms with Gasteiger partial charge in [0.25, 0.3) is 11.8 Å². The average Bonchev–Trinajstić information content (AvgIpc) is 2.86. The molecule has 1 saturated carbocycles. The van der Waals surface area contributed by atoms with Gasteiger partial charge in [0.1, 0.15) is 9.75 Å². The van der Waals surface area contributed by atoms with Gasteiger partial charge >= 0.3 is 0 Å². The molecular weight excluding hydrogens is 431 g/mol. The van der Waals surface area contributed by atoms with Crippen molar-refractivity contribution in [2.75, 3.05) is 6.61 Å². The van der Waals surface area contributed by atoms with Gasteiger partial charge in [-0.05, 0) is 6.42 Å². The van der Waals surface area contributed by atoms with Crippen LogP contribution in [0.1, 0.15) is 19.8 Å². The van der Waals surface area contributed by atoms with Crippen molar-refractivity contribution in [2.24, 2.45) is 11.8 Å². The van der Waals surface area contributed by atoms with E-state index >= 15 is 0 Å². The summed E-state index contributed by atoms with van der Waals surface area (Å²) in [5, 5.41) is 0.458. The van der Waals surface area contributed by atoms with E-state index in [2.05, 4.69) is 0 Å². The minimum absolute atomic E-state index is 0.112. The van der Waals surface area contributed by atoms with Gasteiger partial charge in [0.2, 0.25) is 0 Å². The molecule has 2 amide bonds. The number of carbonyl (C=O) groups excluding carboxylic acids is 2. The molecule has 2 fully saturated rings. The molecule has 2 aliphatic carbocycles. The third-order valence-electron chi connectivity index (χ3n) is 4.59. The van der Waals surface area contributed by atoms with Crippen molar-refractivity contribution in [3.63, 3.8) is 0 Å². The van der Waals surface area contributed by atoms with E-state index < -0.39 is 37.7 Å². The fourth-order valence-electron chi connectivity index (χ4n) is 3.40. The van der Waals surface area contributed by atoms with Crippen molar-refractivity contribution in [2.45, 2.75) is 33.8 Å². The Kier molecular flexibility index (Phi) is 4.42. The number of nitrogens with zero attached hydrogens (tertiary/aromatic N) is 1. The number of hydrogen-bond acceptors (Lipinski definition) is 3. The smallest absolute Gasteiger partial charge is 0.259 e. The highest BCUT2D eigenvalue weighted by Crippen LogP contribution is 2.77. The first kappa shape index (κ1) is 18.4. The molecule has 1 saturated heterocycles. The van der Waals surface area contributed by atoms with Crippen molar-refractivity contribution in [3.8, 4) is 0 Å². The maximum atomic E-state index is 12.7. The summed E-state index contributed by atoms with van der Waals surface area (Å²) in [5.41, 5.74) is 0. The fraction of sp³-hybridized carbons (Fsp3) is 0.692. The molecule has 4 nitrogen and oxygen atoms in total. The minimum Gasteiger partial charge on any atom is -0.272 e. The van der Waals surface area contributed by atoms with E-state index in [0.29, 0.717) is 11.5 Å². The van der Waals surface area contributed by atoms with Crippen LogP contribution >= 0.6 is 69.6 Å². The fourth-order valence-corrected chi connectivity index (χ4v) is 6.33. The predicted molar refractivity (Wildman–Crippen MR) is 90.0 cm³/mol. The first-order valence-corrected chi connectivity index (χ1v) is 9.17. The van der Waals surface area contributed by atoms with Crippen molar-refractivity contribution in [1.29, 1.82) is 0 Å². The Morgan fingerprint density at radius 2 is 1.43 bits per heavy atom. The maximum Gasteiger partial charge on any atom is 0.259 e. The number of amides is 2. The molecule has 1 aliphatic heterocycles. The number of alkyl halides is 4. The Morgan fingerprint density at radius 1 is 1.00 bits per heavy atom. The van der Waals surface area contributed by atoms with Gasteiger partial charge in [-0.2, -0.15) is 5.06 Å². The monoisotopic (exact) mass is 439 g/mol. The zero-order valence-electron chi connectivity index (χ0n) is 11.7. The topological polar surface area (TPSA) is 46.6 Å². The third-order valence-corrected chi connectivity index (χ3v) is 8.85. The van der Waals surface area contributed by atoms with Crippen LogP contribution in [0.3, 0.4) is 0 Å². The molecule has 1 heterocycles. The van der Waals surface area contributed by atoms with Gasteiger partial charge in [0.05, 0.1) is 28.5 Å². The molecule has 0 N–H and O–H groups in total. The molecule has 23 heavy (non-hydrogen) atoms. The summed E-state index contributed by atoms with van der Waals surface area (Å²) in [6, 6.07) is 0. The molecule has 4 atom stereocenters. The predicted octanol–water partition coefficient (Wildman–Crippen LogP) is 4.16. The largest absolute Gasteiger partial charge is 0.272 e. The van der Waals surface area contributed by atoms with Crippen LogP contribution in [-0.4, -0.2) is 37.6 Å². The standard InChI is InChI=1S/C13H11Cl6NO3/c1-2-3-4-23-20-9(21)5-6(10(20)22)12(17)8(15)7(14)11(5,16)13(12,18)19/h5-6H,2-4H2,1H3/t5-,6+,11-,12-/m0/s1. The van der Waals surface area contributed by atoms with E-state index in [1.807, 2.05) is 6.92 Å². The normalized spacial score (nSPS) is 41.3. The van der Waals surface area contributed by atoms with Crippen molar-refractivity contribution in [1.82, 2.24) is 5.06 Å². The highest BCUT2D eigenvalue weighted by Gasteiger charge is 2.87. The van der Waals surface area contributed by atoms with Crippen LogP contribution in [-0.2, 0) is 14.4 Å². The van der Waals surface area contributed by atoms with Crippen LogP contribution in [0.5, 0.6) is 0 Å². The second kappa shape index (κ2) is 5.54. The molecule has 0 spiro atoms. The molecule has 0 aromatic heterocycles. The van der Waals surface area contributed by atoms with Gasteiger partial charge < -0.3 is 0 Å². The number of allylic oxidation sites excluding steroid dienone is 2. The second-order valence-corrected chi connectivity index (χ2v) is 9.01. The zero-order chi connectivity index (χ0) is 17.4. The van der Waals surface area contributed by atoms with Gasteiger partial charge in [-0.15, -0.1) is 23.2 Å². The molecule has 0 aromatic carbocycles. The number of halogens is 6. The number of unbranched alkanes of at least 4 members (excludes halogenated alkanes) is 1. The molecular formula is C13H11Cl6NO3. The Labute approximate surface area is 162 Å². The Morgan fingerprint density at radius 3 is 1.83 bits per heavy atom. The molecule has 128 valence electrons. The number of carbonyl (C=O) groups is 2. The first-order valence-electron chi connectivity index (χ1n) is 6.91. The lowest BCUT2D eigenvalue weighted by Gasteiger charge is -2.34. The van der Waals surface area contributed by atoms with Crippen LogP contribution in [0.25, 0.3) is 0 Å². The molecule has 0 aromatic rings. The molecule has 10 heteroatoms. The van der Waals surface area contributed by atoms with Crippen molar-refractivity contribution in [3.05, 3.63) is 10.1 Å². The molecule has 2 bridgehead atoms. The first-order chi connectivity index (χ1) is 10.6. The Bertz CT molecular complexity index is 591. The van der Waals surface area contributed by atoms with E-state index in [1.165, 1.54) is 0 Å². The summed E-state index contributed by atoms with van der Waals surface area (Å²) >= 11 is 38.1. The second-order valence-electron chi connectivity index (χ2n) is 5.74. The van der Waals surface area contributed by atoms with Gasteiger partial charge in [-0.1, -0.05) is 59.7 Å². The van der Waals surface area contributed by atoms with Crippen LogP contribution in [0, 0.1) is 11.8 Å². The average molecular weight is 442 g/mol. The van der Waals surface area contributed by atoms with E-state index in [-0.39, 0.29) is 16.7 Å². The molecule has 0 radical (unpaired) electrons. The summed E-state index contributed by atoms with van der Waals surface area (Å²) in [4.78, 5) is 27.1. The maximum absolute atomic E-state index is 12.7. The van der Waals surface area contributed by atoms with Crippen molar-refractivity contribution >= 4 is 81.4 Å². The third kappa shape index (κ3) is 1.87. The highest BCUT2D eigenvalue weighted by molar-refractivity contribution is 6.66. The van der Waals surface area contributed by atoms with Crippen LogP contribution < -0.4 is 0 Å². The van der Waals surface area contributed by atoms with Gasteiger partial charge in [-0.3, -0.25) is 14.4 Å². The lowest BCUT2D eigenvalue weighted by molar-refractivity contribution is -0.190. The van der Waals surface area contributed by atoms with E-state index in [4.69, 9.17) is 74.4 Å². The van der Waals surface area contributed by atoms with Gasteiger partial charge in [-0.25, -0.2) is 0 Å². The number of imide groups is 1. The lowest BCUT2D eigenvalue weighted by Crippen LogP contribution is -2.50. The highest BCUT2D eigenvalue weighted by atomic mass is 35.5. The number of fused-ring (bicyclic) bond motifs is 5. The molecule has 3 aliphatic rings. The quantitative estimate of drug-likeness (QED) is 0.374.